The molecule has 6 nitrogen and oxygen atoms in total. The number of halogens is 1. The summed E-state index contributed by atoms with van der Waals surface area (Å²) in [5, 5.41) is 0. The van der Waals surface area contributed by atoms with Crippen molar-refractivity contribution < 1.29 is 13.9 Å². The normalized spacial score (nSPS) is 15.5. The summed E-state index contributed by atoms with van der Waals surface area (Å²) in [7, 11) is 1.34. The van der Waals surface area contributed by atoms with Crippen LogP contribution in [0.3, 0.4) is 0 Å². The van der Waals surface area contributed by atoms with Crippen molar-refractivity contribution in [3.05, 3.63) is 120 Å². The molecule has 0 unspecified atom stereocenters. The van der Waals surface area contributed by atoms with E-state index in [2.05, 4.69) is 0 Å². The molecule has 0 bridgehead atoms. The first-order chi connectivity index (χ1) is 17.8. The molecule has 8 heteroatoms. The summed E-state index contributed by atoms with van der Waals surface area (Å²) >= 11 is 1.30. The first kappa shape index (κ1) is 24.6. The Balaban J connectivity index is 1.71. The van der Waals surface area contributed by atoms with Gasteiger partial charge in [-0.2, -0.15) is 0 Å². The van der Waals surface area contributed by atoms with E-state index in [0.29, 0.717) is 27.0 Å². The minimum Gasteiger partial charge on any atom is -0.466 e. The number of carbonyl (C=O) groups excluding carboxylic acids is 1. The zero-order chi connectivity index (χ0) is 26.3. The third-order valence-corrected chi connectivity index (χ3v) is 7.59. The molecule has 0 radical (unpaired) electrons. The van der Waals surface area contributed by atoms with Crippen LogP contribution in [0.2, 0.25) is 0 Å². The highest BCUT2D eigenvalue weighted by atomic mass is 32.1. The van der Waals surface area contributed by atoms with Gasteiger partial charge in [-0.3, -0.25) is 9.36 Å². The van der Waals surface area contributed by atoms with Crippen LogP contribution in [-0.2, 0) is 9.53 Å². The predicted molar refractivity (Wildman–Crippen MR) is 142 cm³/mol. The van der Waals surface area contributed by atoms with Crippen LogP contribution in [0.4, 0.5) is 4.39 Å². The van der Waals surface area contributed by atoms with E-state index in [-0.39, 0.29) is 11.4 Å². The minimum absolute atomic E-state index is 0.222. The Bertz CT molecular complexity index is 1710. The number of esters is 1. The Morgan fingerprint density at radius 2 is 1.84 bits per heavy atom. The summed E-state index contributed by atoms with van der Waals surface area (Å²) in [4.78, 5) is 32.0. The Kier molecular flexibility index (Phi) is 6.52. The Morgan fingerprint density at radius 1 is 1.14 bits per heavy atom. The van der Waals surface area contributed by atoms with E-state index >= 15 is 0 Å². The van der Waals surface area contributed by atoms with Crippen LogP contribution < -0.4 is 14.9 Å². The van der Waals surface area contributed by atoms with Gasteiger partial charge < -0.3 is 9.30 Å². The number of ether oxygens (including phenoxy) is 1. The summed E-state index contributed by atoms with van der Waals surface area (Å²) in [6, 6.07) is 17.2. The van der Waals surface area contributed by atoms with Crippen LogP contribution >= 0.6 is 11.3 Å². The predicted octanol–water partition coefficient (Wildman–Crippen LogP) is 4.34. The maximum Gasteiger partial charge on any atom is 0.338 e. The maximum absolute atomic E-state index is 13.8. The first-order valence-electron chi connectivity index (χ1n) is 12.0. The van der Waals surface area contributed by atoms with E-state index in [1.165, 1.54) is 30.6 Å². The first-order valence-corrected chi connectivity index (χ1v) is 12.8. The number of aryl methyl sites for hydroxylation is 1. The highest BCUT2D eigenvalue weighted by molar-refractivity contribution is 7.07. The standard InChI is InChI=1S/C29H26FN3O3S/c1-5-23-25(28(35)36-4)26(19-9-7-6-8-10-19)33-27(34)24(37-29(33)31-23)16-20-15-17(2)32(18(20)3)22-13-11-21(30)12-14-22/h6-16,26H,5H2,1-4H3/b24-16+/t26-/m1/s1. The molecule has 1 aliphatic rings. The van der Waals surface area contributed by atoms with Gasteiger partial charge in [-0.05, 0) is 67.8 Å². The van der Waals surface area contributed by atoms with E-state index in [4.69, 9.17) is 9.73 Å². The van der Waals surface area contributed by atoms with Gasteiger partial charge in [0.25, 0.3) is 5.56 Å². The Labute approximate surface area is 217 Å². The molecule has 0 saturated carbocycles. The van der Waals surface area contributed by atoms with Gasteiger partial charge in [-0.25, -0.2) is 14.2 Å². The number of carbonyl (C=O) groups is 1. The van der Waals surface area contributed by atoms with E-state index in [1.54, 1.807) is 16.7 Å². The average molecular weight is 516 g/mol. The maximum atomic E-state index is 13.8. The fraction of sp³-hybridized carbons (Fsp3) is 0.207. The molecule has 2 aromatic heterocycles. The third kappa shape index (κ3) is 4.27. The van der Waals surface area contributed by atoms with Gasteiger partial charge in [-0.15, -0.1) is 0 Å². The fourth-order valence-electron chi connectivity index (χ4n) is 4.88. The molecule has 1 aliphatic heterocycles. The SMILES string of the molecule is CCC1=C(C(=O)OC)[C@@H](c2ccccc2)n2c(s/c(=C/c3cc(C)n(-c4ccc(F)cc4)c3C)c2=O)=N1. The molecule has 4 aromatic rings. The number of methoxy groups -OCH3 is 1. The summed E-state index contributed by atoms with van der Waals surface area (Å²) in [5.74, 6) is -0.787. The van der Waals surface area contributed by atoms with Crippen molar-refractivity contribution in [1.29, 1.82) is 0 Å². The Morgan fingerprint density at radius 3 is 2.49 bits per heavy atom. The number of benzene rings is 2. The summed E-state index contributed by atoms with van der Waals surface area (Å²) in [5.41, 5.74) is 5.20. The number of rotatable bonds is 5. The van der Waals surface area contributed by atoms with E-state index in [9.17, 15) is 14.0 Å². The number of hydrogen-bond acceptors (Lipinski definition) is 5. The van der Waals surface area contributed by atoms with Crippen molar-refractivity contribution in [2.24, 2.45) is 4.99 Å². The zero-order valence-corrected chi connectivity index (χ0v) is 21.8. The smallest absolute Gasteiger partial charge is 0.338 e. The molecular formula is C29H26FN3O3S. The molecule has 0 fully saturated rings. The molecule has 5 rings (SSSR count). The van der Waals surface area contributed by atoms with Crippen LogP contribution in [0.1, 0.15) is 41.9 Å². The van der Waals surface area contributed by atoms with Crippen molar-refractivity contribution in [3.63, 3.8) is 0 Å². The third-order valence-electron chi connectivity index (χ3n) is 6.61. The number of hydrogen-bond donors (Lipinski definition) is 0. The average Bonchev–Trinajstić information content (AvgIpc) is 3.37. The van der Waals surface area contributed by atoms with Crippen LogP contribution in [-0.4, -0.2) is 22.2 Å². The van der Waals surface area contributed by atoms with Gasteiger partial charge in [0, 0.05) is 17.1 Å². The lowest BCUT2D eigenvalue weighted by Gasteiger charge is -2.25. The number of fused-ring (bicyclic) bond motifs is 1. The topological polar surface area (TPSA) is 65.6 Å². The monoisotopic (exact) mass is 515 g/mol. The van der Waals surface area contributed by atoms with Crippen molar-refractivity contribution in [2.75, 3.05) is 7.11 Å². The quantitative estimate of drug-likeness (QED) is 0.372. The number of nitrogens with zero attached hydrogens (tertiary/aromatic N) is 3. The van der Waals surface area contributed by atoms with E-state index in [1.807, 2.05) is 67.8 Å². The van der Waals surface area contributed by atoms with Crippen molar-refractivity contribution >= 4 is 23.4 Å². The lowest BCUT2D eigenvalue weighted by molar-refractivity contribution is -0.136. The van der Waals surface area contributed by atoms with Crippen LogP contribution in [0.5, 0.6) is 0 Å². The molecule has 188 valence electrons. The van der Waals surface area contributed by atoms with Gasteiger partial charge in [-0.1, -0.05) is 48.6 Å². The van der Waals surface area contributed by atoms with Crippen LogP contribution in [0.15, 0.2) is 81.7 Å². The zero-order valence-electron chi connectivity index (χ0n) is 21.0. The van der Waals surface area contributed by atoms with Crippen molar-refractivity contribution in [1.82, 2.24) is 9.13 Å². The second kappa shape index (κ2) is 9.78. The molecule has 0 aliphatic carbocycles. The second-order valence-electron chi connectivity index (χ2n) is 8.84. The lowest BCUT2D eigenvalue weighted by Crippen LogP contribution is -2.40. The minimum atomic E-state index is -0.631. The van der Waals surface area contributed by atoms with Crippen LogP contribution in [0, 0.1) is 19.7 Å². The van der Waals surface area contributed by atoms with Gasteiger partial charge in [0.05, 0.1) is 29.0 Å². The van der Waals surface area contributed by atoms with Crippen molar-refractivity contribution in [3.8, 4) is 5.69 Å². The van der Waals surface area contributed by atoms with Crippen LogP contribution in [0.25, 0.3) is 11.8 Å². The molecule has 3 heterocycles. The molecule has 2 aromatic carbocycles. The number of thiazole rings is 1. The largest absolute Gasteiger partial charge is 0.466 e. The van der Waals surface area contributed by atoms with Gasteiger partial charge in [0.1, 0.15) is 5.82 Å². The molecule has 1 atom stereocenters. The molecule has 0 amide bonds. The highest BCUT2D eigenvalue weighted by Crippen LogP contribution is 2.31. The highest BCUT2D eigenvalue weighted by Gasteiger charge is 2.33. The summed E-state index contributed by atoms with van der Waals surface area (Å²) in [6.07, 6.45) is 2.39. The van der Waals surface area contributed by atoms with E-state index in [0.717, 1.165) is 28.2 Å². The fourth-order valence-corrected chi connectivity index (χ4v) is 5.89. The molecule has 0 N–H and O–H groups in total. The molecule has 0 saturated heterocycles. The van der Waals surface area contributed by atoms with Crippen molar-refractivity contribution in [2.45, 2.75) is 33.2 Å². The second-order valence-corrected chi connectivity index (χ2v) is 9.85. The van der Waals surface area contributed by atoms with Gasteiger partial charge in [0.2, 0.25) is 0 Å². The Hall–Kier alpha value is -4.04. The number of allylic oxidation sites excluding steroid dienone is 1. The van der Waals surface area contributed by atoms with E-state index < -0.39 is 12.0 Å². The van der Waals surface area contributed by atoms with Gasteiger partial charge in [0.15, 0.2) is 4.80 Å². The summed E-state index contributed by atoms with van der Waals surface area (Å²) < 4.78 is 22.7. The molecule has 37 heavy (non-hydrogen) atoms. The number of aromatic nitrogens is 2. The molecule has 0 spiro atoms. The molecular weight excluding hydrogens is 489 g/mol. The summed E-state index contributed by atoms with van der Waals surface area (Å²) in [6.45, 7) is 5.87. The van der Waals surface area contributed by atoms with Gasteiger partial charge >= 0.3 is 5.97 Å². The lowest BCUT2D eigenvalue weighted by atomic mass is 9.95.